The van der Waals surface area contributed by atoms with Crippen LogP contribution < -0.4 is 0 Å². The van der Waals surface area contributed by atoms with Crippen molar-refractivity contribution in [3.05, 3.63) is 64.7 Å². The SMILES string of the molecule is O=C(O)c1ccc(CC2CCc3cc(O)ccc3C2=O)cc1. The lowest BCUT2D eigenvalue weighted by molar-refractivity contribution is 0.0696. The lowest BCUT2D eigenvalue weighted by Crippen LogP contribution is -2.24. The van der Waals surface area contributed by atoms with Crippen molar-refractivity contribution in [2.45, 2.75) is 19.3 Å². The summed E-state index contributed by atoms with van der Waals surface area (Å²) >= 11 is 0. The van der Waals surface area contributed by atoms with E-state index in [1.54, 1.807) is 42.5 Å². The van der Waals surface area contributed by atoms with Crippen LogP contribution in [0.3, 0.4) is 0 Å². The summed E-state index contributed by atoms with van der Waals surface area (Å²) in [5.41, 5.74) is 2.81. The molecule has 22 heavy (non-hydrogen) atoms. The van der Waals surface area contributed by atoms with E-state index in [-0.39, 0.29) is 23.0 Å². The molecule has 2 N–H and O–H groups in total. The smallest absolute Gasteiger partial charge is 0.335 e. The Labute approximate surface area is 128 Å². The summed E-state index contributed by atoms with van der Waals surface area (Å²) < 4.78 is 0. The predicted molar refractivity (Wildman–Crippen MR) is 81.4 cm³/mol. The van der Waals surface area contributed by atoms with Crippen LogP contribution in [-0.4, -0.2) is 22.0 Å². The summed E-state index contributed by atoms with van der Waals surface area (Å²) in [5, 5.41) is 18.4. The number of Topliss-reactive ketones (excluding diaryl/α,β-unsaturated/α-hetero) is 1. The zero-order chi connectivity index (χ0) is 15.7. The number of carboxylic acids is 1. The third kappa shape index (κ3) is 2.72. The van der Waals surface area contributed by atoms with Gasteiger partial charge >= 0.3 is 5.97 Å². The van der Waals surface area contributed by atoms with Crippen LogP contribution in [0.4, 0.5) is 0 Å². The molecule has 3 rings (SSSR count). The van der Waals surface area contributed by atoms with E-state index in [9.17, 15) is 14.7 Å². The number of aromatic hydroxyl groups is 1. The molecule has 1 atom stereocenters. The molecule has 0 bridgehead atoms. The maximum absolute atomic E-state index is 12.5. The molecule has 1 aliphatic rings. The lowest BCUT2D eigenvalue weighted by atomic mass is 9.79. The normalized spacial score (nSPS) is 17.1. The Morgan fingerprint density at radius 3 is 2.55 bits per heavy atom. The zero-order valence-corrected chi connectivity index (χ0v) is 12.0. The largest absolute Gasteiger partial charge is 0.508 e. The number of carboxylic acid groups (broad SMARTS) is 1. The van der Waals surface area contributed by atoms with Gasteiger partial charge in [-0.05, 0) is 60.7 Å². The molecule has 0 aliphatic heterocycles. The van der Waals surface area contributed by atoms with E-state index in [0.29, 0.717) is 12.0 Å². The van der Waals surface area contributed by atoms with Gasteiger partial charge in [0.05, 0.1) is 5.56 Å². The number of hydrogen-bond donors (Lipinski definition) is 2. The summed E-state index contributed by atoms with van der Waals surface area (Å²) in [6.07, 6.45) is 2.13. The molecule has 1 unspecified atom stereocenters. The van der Waals surface area contributed by atoms with Gasteiger partial charge in [0.25, 0.3) is 0 Å². The van der Waals surface area contributed by atoms with E-state index < -0.39 is 5.97 Å². The van der Waals surface area contributed by atoms with Gasteiger partial charge in [0, 0.05) is 11.5 Å². The number of rotatable bonds is 3. The Morgan fingerprint density at radius 2 is 1.86 bits per heavy atom. The number of phenols is 1. The Hall–Kier alpha value is -2.62. The van der Waals surface area contributed by atoms with Crippen LogP contribution >= 0.6 is 0 Å². The first-order valence-corrected chi connectivity index (χ1v) is 7.23. The minimum Gasteiger partial charge on any atom is -0.508 e. The van der Waals surface area contributed by atoms with Crippen LogP contribution in [0.15, 0.2) is 42.5 Å². The van der Waals surface area contributed by atoms with Gasteiger partial charge < -0.3 is 10.2 Å². The highest BCUT2D eigenvalue weighted by atomic mass is 16.4. The third-order valence-corrected chi connectivity index (χ3v) is 4.17. The molecule has 0 spiro atoms. The second kappa shape index (κ2) is 5.64. The van der Waals surface area contributed by atoms with Gasteiger partial charge in [-0.2, -0.15) is 0 Å². The minimum absolute atomic E-state index is 0.0901. The maximum Gasteiger partial charge on any atom is 0.335 e. The molecule has 112 valence electrons. The van der Waals surface area contributed by atoms with E-state index in [4.69, 9.17) is 5.11 Å². The molecule has 4 heteroatoms. The van der Waals surface area contributed by atoms with Crippen molar-refractivity contribution in [2.75, 3.05) is 0 Å². The van der Waals surface area contributed by atoms with Gasteiger partial charge in [-0.3, -0.25) is 4.79 Å². The van der Waals surface area contributed by atoms with Gasteiger partial charge in [0.15, 0.2) is 5.78 Å². The predicted octanol–water partition coefficient (Wildman–Crippen LogP) is 3.08. The molecular weight excluding hydrogens is 280 g/mol. The number of benzene rings is 2. The summed E-state index contributed by atoms with van der Waals surface area (Å²) in [7, 11) is 0. The average Bonchev–Trinajstić information content (AvgIpc) is 2.50. The Morgan fingerprint density at radius 1 is 1.14 bits per heavy atom. The first-order chi connectivity index (χ1) is 10.5. The molecule has 1 aliphatic carbocycles. The van der Waals surface area contributed by atoms with Crippen LogP contribution in [-0.2, 0) is 12.8 Å². The van der Waals surface area contributed by atoms with E-state index in [1.165, 1.54) is 0 Å². The number of aryl methyl sites for hydroxylation is 1. The number of aromatic carboxylic acids is 1. The summed E-state index contributed by atoms with van der Waals surface area (Å²) in [6, 6.07) is 11.6. The quantitative estimate of drug-likeness (QED) is 0.912. The fourth-order valence-corrected chi connectivity index (χ4v) is 2.97. The van der Waals surface area contributed by atoms with Crippen molar-refractivity contribution < 1.29 is 19.8 Å². The number of ketones is 1. The molecule has 0 fully saturated rings. The first-order valence-electron chi connectivity index (χ1n) is 7.23. The van der Waals surface area contributed by atoms with Crippen molar-refractivity contribution >= 4 is 11.8 Å². The van der Waals surface area contributed by atoms with Crippen molar-refractivity contribution in [2.24, 2.45) is 5.92 Å². The monoisotopic (exact) mass is 296 g/mol. The first kappa shape index (κ1) is 14.3. The topological polar surface area (TPSA) is 74.6 Å². The second-order valence-electron chi connectivity index (χ2n) is 5.65. The van der Waals surface area contributed by atoms with Gasteiger partial charge in [-0.15, -0.1) is 0 Å². The van der Waals surface area contributed by atoms with Crippen LogP contribution in [0.1, 0.15) is 38.3 Å². The standard InChI is InChI=1S/C18H16O4/c19-15-7-8-16-13(10-15)5-6-14(17(16)20)9-11-1-3-12(4-2-11)18(21)22/h1-4,7-8,10,14,19H,5-6,9H2,(H,21,22). The van der Waals surface area contributed by atoms with E-state index in [2.05, 4.69) is 0 Å². The van der Waals surface area contributed by atoms with Crippen molar-refractivity contribution in [3.63, 3.8) is 0 Å². The van der Waals surface area contributed by atoms with Crippen LogP contribution in [0, 0.1) is 5.92 Å². The van der Waals surface area contributed by atoms with Crippen molar-refractivity contribution in [1.82, 2.24) is 0 Å². The number of hydrogen-bond acceptors (Lipinski definition) is 3. The highest BCUT2D eigenvalue weighted by molar-refractivity contribution is 6.00. The average molecular weight is 296 g/mol. The molecule has 0 saturated carbocycles. The highest BCUT2D eigenvalue weighted by Crippen LogP contribution is 2.30. The fraction of sp³-hybridized carbons (Fsp3) is 0.222. The van der Waals surface area contributed by atoms with Gasteiger partial charge in [-0.25, -0.2) is 4.79 Å². The lowest BCUT2D eigenvalue weighted by Gasteiger charge is -2.23. The molecule has 0 saturated heterocycles. The molecule has 0 amide bonds. The summed E-state index contributed by atoms with van der Waals surface area (Å²) in [4.78, 5) is 23.4. The number of carbonyl (C=O) groups is 2. The maximum atomic E-state index is 12.5. The Kier molecular flexibility index (Phi) is 3.67. The molecular formula is C18H16O4. The van der Waals surface area contributed by atoms with Gasteiger partial charge in [0.1, 0.15) is 5.75 Å². The third-order valence-electron chi connectivity index (χ3n) is 4.17. The van der Waals surface area contributed by atoms with Crippen LogP contribution in [0.2, 0.25) is 0 Å². The van der Waals surface area contributed by atoms with Gasteiger partial charge in [0.2, 0.25) is 0 Å². The number of fused-ring (bicyclic) bond motifs is 1. The van der Waals surface area contributed by atoms with Crippen LogP contribution in [0.5, 0.6) is 5.75 Å². The molecule has 0 radical (unpaired) electrons. The Balaban J connectivity index is 1.78. The van der Waals surface area contributed by atoms with Crippen LogP contribution in [0.25, 0.3) is 0 Å². The minimum atomic E-state index is -0.950. The number of phenolic OH excluding ortho intramolecular Hbond substituents is 1. The van der Waals surface area contributed by atoms with Crippen molar-refractivity contribution in [1.29, 1.82) is 0 Å². The van der Waals surface area contributed by atoms with E-state index in [0.717, 1.165) is 24.0 Å². The van der Waals surface area contributed by atoms with E-state index >= 15 is 0 Å². The zero-order valence-electron chi connectivity index (χ0n) is 12.0. The second-order valence-corrected chi connectivity index (χ2v) is 5.65. The summed E-state index contributed by atoms with van der Waals surface area (Å²) in [6.45, 7) is 0. The van der Waals surface area contributed by atoms with E-state index in [1.807, 2.05) is 0 Å². The molecule has 0 heterocycles. The number of carbonyl (C=O) groups excluding carboxylic acids is 1. The molecule has 0 aromatic heterocycles. The highest BCUT2D eigenvalue weighted by Gasteiger charge is 2.27. The molecule has 2 aromatic rings. The fourth-order valence-electron chi connectivity index (χ4n) is 2.97. The Bertz CT molecular complexity index is 731. The van der Waals surface area contributed by atoms with Gasteiger partial charge in [-0.1, -0.05) is 12.1 Å². The summed E-state index contributed by atoms with van der Waals surface area (Å²) in [5.74, 6) is -0.750. The van der Waals surface area contributed by atoms with Crippen molar-refractivity contribution in [3.8, 4) is 5.75 Å². The molecule has 2 aromatic carbocycles. The molecule has 4 nitrogen and oxygen atoms in total.